The highest BCUT2D eigenvalue weighted by Crippen LogP contribution is 2.55. The maximum Gasteiger partial charge on any atom is 0.414 e. The van der Waals surface area contributed by atoms with Crippen LogP contribution in [0.5, 0.6) is 0 Å². The van der Waals surface area contributed by atoms with Gasteiger partial charge in [-0.15, -0.1) is 0 Å². The average molecular weight is 456 g/mol. The molecule has 0 amide bonds. The van der Waals surface area contributed by atoms with Crippen LogP contribution in [-0.2, 0) is 10.8 Å². The number of rotatable bonds is 2. The summed E-state index contributed by atoms with van der Waals surface area (Å²) in [6.45, 7) is 3.35. The van der Waals surface area contributed by atoms with Crippen LogP contribution in [-0.4, -0.2) is 6.99 Å². The van der Waals surface area contributed by atoms with E-state index in [2.05, 4.69) is 80.6 Å². The quantitative estimate of drug-likeness (QED) is 0.278. The molecule has 3 aliphatic rings. The summed E-state index contributed by atoms with van der Waals surface area (Å²) in [5, 5.41) is 0. The van der Waals surface area contributed by atoms with Gasteiger partial charge in [-0.3, -0.25) is 0 Å². The van der Waals surface area contributed by atoms with Crippen LogP contribution in [0.1, 0.15) is 68.2 Å². The second-order valence-electron chi connectivity index (χ2n) is 11.3. The Hall–Kier alpha value is -3.13. The third-order valence-electron chi connectivity index (χ3n) is 9.22. The van der Waals surface area contributed by atoms with Crippen molar-refractivity contribution in [2.24, 2.45) is 0 Å². The van der Waals surface area contributed by atoms with E-state index < -0.39 is 6.99 Å². The summed E-state index contributed by atoms with van der Waals surface area (Å²) < 4.78 is 17.0. The van der Waals surface area contributed by atoms with Crippen LogP contribution in [0.2, 0.25) is 0 Å². The van der Waals surface area contributed by atoms with E-state index in [0.29, 0.717) is 0 Å². The molecule has 1 spiro atoms. The molecule has 0 aromatic heterocycles. The molecule has 4 aromatic rings. The Bertz CT molecular complexity index is 1470. The summed E-state index contributed by atoms with van der Waals surface area (Å²) in [5.74, 6) is 0. The van der Waals surface area contributed by atoms with Gasteiger partial charge < -0.3 is 4.32 Å². The summed E-state index contributed by atoms with van der Waals surface area (Å²) >= 11 is 0. The monoisotopic (exact) mass is 456 g/mol. The molecule has 0 aliphatic heterocycles. The van der Waals surface area contributed by atoms with Crippen LogP contribution in [0.25, 0.3) is 22.3 Å². The molecule has 0 atom stereocenters. The molecular weight excluding hydrogens is 426 g/mol. The summed E-state index contributed by atoms with van der Waals surface area (Å²) in [6, 6.07) is 30.0. The van der Waals surface area contributed by atoms with E-state index in [1.54, 1.807) is 0 Å². The van der Waals surface area contributed by atoms with Crippen molar-refractivity contribution in [1.82, 2.24) is 0 Å². The van der Waals surface area contributed by atoms with Gasteiger partial charge in [0, 0.05) is 10.8 Å². The van der Waals surface area contributed by atoms with Crippen LogP contribution in [0.4, 0.5) is 4.32 Å². The first-order chi connectivity index (χ1) is 17.0. The van der Waals surface area contributed by atoms with Gasteiger partial charge in [0.25, 0.3) is 0 Å². The van der Waals surface area contributed by atoms with Gasteiger partial charge in [-0.05, 0) is 68.3 Å². The van der Waals surface area contributed by atoms with Crippen molar-refractivity contribution >= 4 is 17.9 Å². The lowest BCUT2D eigenvalue weighted by molar-refractivity contribution is 0.353. The van der Waals surface area contributed by atoms with E-state index in [1.807, 2.05) is 18.2 Å². The zero-order valence-corrected chi connectivity index (χ0v) is 20.6. The summed E-state index contributed by atoms with van der Waals surface area (Å²) in [6.07, 6.45) is 6.12. The fraction of sp³-hybridized carbons (Fsp3) is 0.273. The molecule has 1 saturated carbocycles. The van der Waals surface area contributed by atoms with Gasteiger partial charge >= 0.3 is 6.99 Å². The second kappa shape index (κ2) is 7.44. The lowest BCUT2D eigenvalue weighted by Crippen LogP contribution is -2.41. The van der Waals surface area contributed by atoms with Crippen LogP contribution in [0, 0.1) is 0 Å². The molecule has 172 valence electrons. The van der Waals surface area contributed by atoms with Crippen molar-refractivity contribution in [3.8, 4) is 22.3 Å². The van der Waals surface area contributed by atoms with E-state index in [1.165, 1.54) is 65.5 Å². The molecular formula is C33H30BF. The molecule has 0 nitrogen and oxygen atoms in total. The fourth-order valence-electron chi connectivity index (χ4n) is 7.60. The smallest absolute Gasteiger partial charge is 0.322 e. The minimum absolute atomic E-state index is 0.0487. The van der Waals surface area contributed by atoms with E-state index >= 15 is 4.32 Å². The molecule has 35 heavy (non-hydrogen) atoms. The average Bonchev–Trinajstić information content (AvgIpc) is 3.31. The standard InChI is InChI=1S/C33H30BF/c1-32(2)24-14-6-4-12-22(24)30-26(32)16-10-18-28(30)34(35)29-19-11-17-27-31(29)23-13-5-7-15-25(23)33(27)20-8-3-9-21-33/h4-7,10-19H,3,8-9,20-21H2,1-2H3. The van der Waals surface area contributed by atoms with E-state index in [0.717, 1.165) is 22.1 Å². The van der Waals surface area contributed by atoms with Crippen molar-refractivity contribution in [2.45, 2.75) is 56.8 Å². The van der Waals surface area contributed by atoms with Crippen molar-refractivity contribution in [3.05, 3.63) is 107 Å². The Kier molecular flexibility index (Phi) is 4.50. The third kappa shape index (κ3) is 2.74. The fourth-order valence-corrected chi connectivity index (χ4v) is 7.60. The number of halogens is 1. The van der Waals surface area contributed by atoms with Crippen molar-refractivity contribution in [2.75, 3.05) is 0 Å². The van der Waals surface area contributed by atoms with Crippen molar-refractivity contribution < 1.29 is 4.32 Å². The zero-order chi connectivity index (χ0) is 23.8. The van der Waals surface area contributed by atoms with Gasteiger partial charge in [0.05, 0.1) is 0 Å². The topological polar surface area (TPSA) is 0 Å². The van der Waals surface area contributed by atoms with E-state index in [-0.39, 0.29) is 10.8 Å². The summed E-state index contributed by atoms with van der Waals surface area (Å²) in [7, 11) is 0. The van der Waals surface area contributed by atoms with E-state index in [4.69, 9.17) is 0 Å². The van der Waals surface area contributed by atoms with Gasteiger partial charge in [0.2, 0.25) is 0 Å². The minimum Gasteiger partial charge on any atom is -0.322 e. The first kappa shape index (κ1) is 21.2. The first-order valence-electron chi connectivity index (χ1n) is 13.1. The highest BCUT2D eigenvalue weighted by atomic mass is 19.1. The van der Waals surface area contributed by atoms with Gasteiger partial charge in [0.15, 0.2) is 0 Å². The number of benzene rings is 4. The maximum atomic E-state index is 17.0. The molecule has 2 heteroatoms. The Morgan fingerprint density at radius 1 is 0.571 bits per heavy atom. The Morgan fingerprint density at radius 2 is 1.09 bits per heavy atom. The van der Waals surface area contributed by atoms with Crippen LogP contribution < -0.4 is 10.9 Å². The summed E-state index contributed by atoms with van der Waals surface area (Å²) in [5.41, 5.74) is 11.5. The van der Waals surface area contributed by atoms with Gasteiger partial charge in [-0.1, -0.05) is 118 Å². The van der Waals surface area contributed by atoms with Crippen LogP contribution in [0.15, 0.2) is 84.9 Å². The normalized spacial score (nSPS) is 18.0. The predicted octanol–water partition coefficient (Wildman–Crippen LogP) is 7.30. The maximum absolute atomic E-state index is 17.0. The molecule has 0 N–H and O–H groups in total. The highest BCUT2D eigenvalue weighted by Gasteiger charge is 2.46. The van der Waals surface area contributed by atoms with Gasteiger partial charge in [-0.25, -0.2) is 0 Å². The largest absolute Gasteiger partial charge is 0.414 e. The second-order valence-corrected chi connectivity index (χ2v) is 11.3. The number of fused-ring (bicyclic) bond motifs is 8. The third-order valence-corrected chi connectivity index (χ3v) is 9.22. The van der Waals surface area contributed by atoms with Crippen LogP contribution in [0.3, 0.4) is 0 Å². The Morgan fingerprint density at radius 3 is 1.77 bits per heavy atom. The summed E-state index contributed by atoms with van der Waals surface area (Å²) in [4.78, 5) is 0. The van der Waals surface area contributed by atoms with Gasteiger partial charge in [-0.2, -0.15) is 0 Å². The Labute approximate surface area is 208 Å². The van der Waals surface area contributed by atoms with Crippen LogP contribution >= 0.6 is 0 Å². The molecule has 0 radical (unpaired) electrons. The van der Waals surface area contributed by atoms with Crippen molar-refractivity contribution in [1.29, 1.82) is 0 Å². The molecule has 0 heterocycles. The minimum atomic E-state index is -1.17. The zero-order valence-electron chi connectivity index (χ0n) is 20.6. The van der Waals surface area contributed by atoms with Crippen molar-refractivity contribution in [3.63, 3.8) is 0 Å². The van der Waals surface area contributed by atoms with Gasteiger partial charge in [0.1, 0.15) is 0 Å². The molecule has 0 unspecified atom stereocenters. The SMILES string of the molecule is CC1(C)c2ccccc2-c2c(B(F)c3cccc4c3-c3ccccc3C43CCCCC3)cccc21. The molecule has 7 rings (SSSR count). The number of hydrogen-bond donors (Lipinski definition) is 0. The molecule has 0 bridgehead atoms. The number of hydrogen-bond acceptors (Lipinski definition) is 0. The molecule has 0 saturated heterocycles. The highest BCUT2D eigenvalue weighted by molar-refractivity contribution is 6.82. The first-order valence-corrected chi connectivity index (χ1v) is 13.1. The Balaban J connectivity index is 1.45. The molecule has 1 fully saturated rings. The predicted molar refractivity (Wildman–Crippen MR) is 146 cm³/mol. The lowest BCUT2D eigenvalue weighted by Gasteiger charge is -2.36. The molecule has 4 aromatic carbocycles. The molecule has 3 aliphatic carbocycles. The van der Waals surface area contributed by atoms with E-state index in [9.17, 15) is 0 Å². The lowest BCUT2D eigenvalue weighted by atomic mass is 9.54.